The molecule has 0 saturated carbocycles. The number of methoxy groups -OCH3 is 1. The Kier molecular flexibility index (Phi) is 7.97. The van der Waals surface area contributed by atoms with Crippen molar-refractivity contribution >= 4 is 9.84 Å². The van der Waals surface area contributed by atoms with E-state index in [1.807, 2.05) is 6.92 Å². The summed E-state index contributed by atoms with van der Waals surface area (Å²) in [6.45, 7) is 4.95. The van der Waals surface area contributed by atoms with Crippen molar-refractivity contribution in [3.05, 3.63) is 0 Å². The SMILES string of the molecule is CCCC(OC)C(CCS(C)(=O)=O)NCC. The minimum absolute atomic E-state index is 0.103. The predicted octanol–water partition coefficient (Wildman–Crippen LogP) is 1.21. The molecule has 2 atom stereocenters. The van der Waals surface area contributed by atoms with Gasteiger partial charge in [0.05, 0.1) is 11.9 Å². The highest BCUT2D eigenvalue weighted by Crippen LogP contribution is 2.10. The Morgan fingerprint density at radius 1 is 1.25 bits per heavy atom. The predicted molar refractivity (Wildman–Crippen MR) is 67.5 cm³/mol. The summed E-state index contributed by atoms with van der Waals surface area (Å²) >= 11 is 0. The monoisotopic (exact) mass is 251 g/mol. The number of hydrogen-bond donors (Lipinski definition) is 1. The Balaban J connectivity index is 4.33. The molecule has 2 unspecified atom stereocenters. The normalized spacial score (nSPS) is 16.0. The summed E-state index contributed by atoms with van der Waals surface area (Å²) in [5.41, 5.74) is 0. The van der Waals surface area contributed by atoms with Gasteiger partial charge in [-0.1, -0.05) is 20.3 Å². The fourth-order valence-electron chi connectivity index (χ4n) is 1.79. The molecular formula is C11H25NO3S. The van der Waals surface area contributed by atoms with Crippen LogP contribution in [0.1, 0.15) is 33.1 Å². The van der Waals surface area contributed by atoms with E-state index in [1.165, 1.54) is 6.26 Å². The molecule has 4 nitrogen and oxygen atoms in total. The summed E-state index contributed by atoms with van der Waals surface area (Å²) in [7, 11) is -1.20. The van der Waals surface area contributed by atoms with Crippen LogP contribution in [0, 0.1) is 0 Å². The van der Waals surface area contributed by atoms with Gasteiger partial charge in [0.15, 0.2) is 0 Å². The number of sulfone groups is 1. The first kappa shape index (κ1) is 15.9. The average molecular weight is 251 g/mol. The largest absolute Gasteiger partial charge is 0.380 e. The molecule has 0 heterocycles. The number of ether oxygens (including phenoxy) is 1. The molecule has 0 aliphatic heterocycles. The van der Waals surface area contributed by atoms with Crippen molar-refractivity contribution in [2.24, 2.45) is 0 Å². The van der Waals surface area contributed by atoms with Crippen LogP contribution >= 0.6 is 0 Å². The van der Waals surface area contributed by atoms with Crippen molar-refractivity contribution in [2.75, 3.05) is 25.7 Å². The van der Waals surface area contributed by atoms with Crippen molar-refractivity contribution in [1.82, 2.24) is 5.32 Å². The molecule has 0 spiro atoms. The summed E-state index contributed by atoms with van der Waals surface area (Å²) < 4.78 is 27.7. The summed E-state index contributed by atoms with van der Waals surface area (Å²) in [5, 5.41) is 3.30. The van der Waals surface area contributed by atoms with Gasteiger partial charge >= 0.3 is 0 Å². The second-order valence-electron chi connectivity index (χ2n) is 4.15. The zero-order valence-electron chi connectivity index (χ0n) is 10.8. The molecular weight excluding hydrogens is 226 g/mol. The van der Waals surface area contributed by atoms with Gasteiger partial charge in [-0.05, 0) is 19.4 Å². The summed E-state index contributed by atoms with van der Waals surface area (Å²) in [6, 6.07) is 0.129. The first-order valence-corrected chi connectivity index (χ1v) is 7.94. The average Bonchev–Trinajstić information content (AvgIpc) is 2.20. The lowest BCUT2D eigenvalue weighted by atomic mass is 10.0. The van der Waals surface area contributed by atoms with E-state index in [1.54, 1.807) is 7.11 Å². The molecule has 0 bridgehead atoms. The highest BCUT2D eigenvalue weighted by Gasteiger charge is 2.20. The Labute approximate surface area is 99.7 Å². The van der Waals surface area contributed by atoms with E-state index in [2.05, 4.69) is 12.2 Å². The highest BCUT2D eigenvalue weighted by molar-refractivity contribution is 7.90. The van der Waals surface area contributed by atoms with E-state index in [-0.39, 0.29) is 17.9 Å². The minimum Gasteiger partial charge on any atom is -0.380 e. The molecule has 0 aliphatic carbocycles. The van der Waals surface area contributed by atoms with Crippen molar-refractivity contribution in [1.29, 1.82) is 0 Å². The summed E-state index contributed by atoms with van der Waals surface area (Å²) in [5.74, 6) is 0.217. The second-order valence-corrected chi connectivity index (χ2v) is 6.41. The quantitative estimate of drug-likeness (QED) is 0.669. The van der Waals surface area contributed by atoms with E-state index < -0.39 is 9.84 Å². The van der Waals surface area contributed by atoms with Crippen LogP contribution in [0.15, 0.2) is 0 Å². The molecule has 1 N–H and O–H groups in total. The molecule has 0 aromatic carbocycles. The molecule has 16 heavy (non-hydrogen) atoms. The van der Waals surface area contributed by atoms with Gasteiger partial charge in [0, 0.05) is 19.4 Å². The van der Waals surface area contributed by atoms with Crippen LogP contribution in [0.2, 0.25) is 0 Å². The van der Waals surface area contributed by atoms with Crippen LogP contribution in [0.4, 0.5) is 0 Å². The van der Waals surface area contributed by atoms with Crippen LogP contribution in [0.25, 0.3) is 0 Å². The van der Waals surface area contributed by atoms with Gasteiger partial charge in [0.1, 0.15) is 9.84 Å². The maximum absolute atomic E-state index is 11.1. The lowest BCUT2D eigenvalue weighted by Crippen LogP contribution is -2.42. The van der Waals surface area contributed by atoms with Crippen LogP contribution in [-0.4, -0.2) is 46.2 Å². The van der Waals surface area contributed by atoms with Gasteiger partial charge < -0.3 is 10.1 Å². The standard InChI is InChI=1S/C11H25NO3S/c1-5-7-11(15-3)10(12-6-2)8-9-16(4,13)14/h10-12H,5-9H2,1-4H3. The maximum atomic E-state index is 11.1. The fraction of sp³-hybridized carbons (Fsp3) is 1.00. The van der Waals surface area contributed by atoms with Gasteiger partial charge in [-0.3, -0.25) is 0 Å². The number of rotatable bonds is 9. The van der Waals surface area contributed by atoms with Crippen LogP contribution in [-0.2, 0) is 14.6 Å². The van der Waals surface area contributed by atoms with Crippen LogP contribution in [0.3, 0.4) is 0 Å². The molecule has 0 radical (unpaired) electrons. The lowest BCUT2D eigenvalue weighted by molar-refractivity contribution is 0.0604. The van der Waals surface area contributed by atoms with Crippen LogP contribution < -0.4 is 5.32 Å². The first-order chi connectivity index (χ1) is 7.44. The number of nitrogens with one attached hydrogen (secondary N) is 1. The number of hydrogen-bond acceptors (Lipinski definition) is 4. The second kappa shape index (κ2) is 8.03. The Hall–Kier alpha value is -0.130. The van der Waals surface area contributed by atoms with Crippen molar-refractivity contribution in [3.63, 3.8) is 0 Å². The Bertz CT molecular complexity index is 264. The van der Waals surface area contributed by atoms with Gasteiger partial charge in [-0.2, -0.15) is 0 Å². The van der Waals surface area contributed by atoms with Gasteiger partial charge in [-0.25, -0.2) is 8.42 Å². The van der Waals surface area contributed by atoms with Crippen molar-refractivity contribution < 1.29 is 13.2 Å². The molecule has 5 heteroatoms. The molecule has 0 aromatic heterocycles. The first-order valence-electron chi connectivity index (χ1n) is 5.88. The number of likely N-dealkylation sites (N-methyl/N-ethyl adjacent to an activating group) is 1. The molecule has 0 amide bonds. The van der Waals surface area contributed by atoms with Crippen LogP contribution in [0.5, 0.6) is 0 Å². The van der Waals surface area contributed by atoms with E-state index in [0.717, 1.165) is 19.4 Å². The molecule has 0 fully saturated rings. The zero-order valence-corrected chi connectivity index (χ0v) is 11.6. The third-order valence-electron chi connectivity index (χ3n) is 2.59. The fourth-order valence-corrected chi connectivity index (χ4v) is 2.47. The third kappa shape index (κ3) is 7.19. The van der Waals surface area contributed by atoms with Gasteiger partial charge in [-0.15, -0.1) is 0 Å². The van der Waals surface area contributed by atoms with E-state index in [4.69, 9.17) is 4.74 Å². The highest BCUT2D eigenvalue weighted by atomic mass is 32.2. The molecule has 0 aliphatic rings. The van der Waals surface area contributed by atoms with Gasteiger partial charge in [0.2, 0.25) is 0 Å². The zero-order chi connectivity index (χ0) is 12.6. The third-order valence-corrected chi connectivity index (χ3v) is 3.57. The maximum Gasteiger partial charge on any atom is 0.147 e. The van der Waals surface area contributed by atoms with Crippen molar-refractivity contribution in [3.8, 4) is 0 Å². The topological polar surface area (TPSA) is 55.4 Å². The lowest BCUT2D eigenvalue weighted by Gasteiger charge is -2.26. The molecule has 0 aromatic rings. The van der Waals surface area contributed by atoms with E-state index >= 15 is 0 Å². The molecule has 98 valence electrons. The van der Waals surface area contributed by atoms with Gasteiger partial charge in [0.25, 0.3) is 0 Å². The minimum atomic E-state index is -2.89. The Morgan fingerprint density at radius 3 is 2.25 bits per heavy atom. The Morgan fingerprint density at radius 2 is 1.88 bits per heavy atom. The van der Waals surface area contributed by atoms with Crippen molar-refractivity contribution in [2.45, 2.75) is 45.3 Å². The molecule has 0 saturated heterocycles. The smallest absolute Gasteiger partial charge is 0.147 e. The summed E-state index contributed by atoms with van der Waals surface area (Å²) in [4.78, 5) is 0. The molecule has 0 rings (SSSR count). The van der Waals surface area contributed by atoms with E-state index in [9.17, 15) is 8.42 Å². The summed E-state index contributed by atoms with van der Waals surface area (Å²) in [6.07, 6.45) is 3.99. The van der Waals surface area contributed by atoms with E-state index in [0.29, 0.717) is 6.42 Å².